The highest BCUT2D eigenvalue weighted by molar-refractivity contribution is 4.66. The summed E-state index contributed by atoms with van der Waals surface area (Å²) >= 11 is 0. The Morgan fingerprint density at radius 2 is 1.65 bits per heavy atom. The number of rotatable bonds is 14. The Morgan fingerprint density at radius 3 is 2.43 bits per heavy atom. The monoisotopic (exact) mass is 332 g/mol. The summed E-state index contributed by atoms with van der Waals surface area (Å²) in [6.45, 7) is 10.8. The SMILES string of the molecule is CCOCCOCC[NH+]1C(C)CCCC1CCCOCCOC. The third kappa shape index (κ3) is 9.62. The maximum atomic E-state index is 5.72. The van der Waals surface area contributed by atoms with E-state index in [1.165, 1.54) is 25.7 Å². The molecule has 0 aromatic rings. The Labute approximate surface area is 142 Å². The van der Waals surface area contributed by atoms with Crippen LogP contribution in [0.4, 0.5) is 0 Å². The second kappa shape index (κ2) is 14.2. The number of ether oxygens (including phenoxy) is 4. The molecule has 23 heavy (non-hydrogen) atoms. The van der Waals surface area contributed by atoms with Crippen LogP contribution in [0.2, 0.25) is 0 Å². The van der Waals surface area contributed by atoms with Gasteiger partial charge < -0.3 is 23.8 Å². The van der Waals surface area contributed by atoms with E-state index in [0.29, 0.717) is 26.4 Å². The van der Waals surface area contributed by atoms with Crippen molar-refractivity contribution in [3.05, 3.63) is 0 Å². The average molecular weight is 333 g/mol. The molecule has 1 saturated heterocycles. The molecule has 0 aromatic carbocycles. The van der Waals surface area contributed by atoms with E-state index >= 15 is 0 Å². The van der Waals surface area contributed by atoms with Crippen LogP contribution in [0.25, 0.3) is 0 Å². The van der Waals surface area contributed by atoms with Crippen LogP contribution in [0.15, 0.2) is 0 Å². The maximum absolute atomic E-state index is 5.72. The third-order valence-corrected chi connectivity index (χ3v) is 4.73. The zero-order valence-electron chi connectivity index (χ0n) is 15.5. The molecule has 3 unspecified atom stereocenters. The van der Waals surface area contributed by atoms with E-state index in [4.69, 9.17) is 18.9 Å². The van der Waals surface area contributed by atoms with Crippen molar-refractivity contribution in [1.29, 1.82) is 0 Å². The van der Waals surface area contributed by atoms with Gasteiger partial charge in [0, 0.05) is 26.7 Å². The summed E-state index contributed by atoms with van der Waals surface area (Å²) in [5.74, 6) is 0. The number of piperidine rings is 1. The van der Waals surface area contributed by atoms with Crippen LogP contribution in [0.5, 0.6) is 0 Å². The quantitative estimate of drug-likeness (QED) is 0.487. The topological polar surface area (TPSA) is 41.4 Å². The van der Waals surface area contributed by atoms with Crippen LogP contribution >= 0.6 is 0 Å². The van der Waals surface area contributed by atoms with Crippen molar-refractivity contribution in [2.24, 2.45) is 0 Å². The highest BCUT2D eigenvalue weighted by atomic mass is 16.5. The molecule has 1 heterocycles. The summed E-state index contributed by atoms with van der Waals surface area (Å²) in [5, 5.41) is 0. The van der Waals surface area contributed by atoms with Crippen LogP contribution in [0.1, 0.15) is 46.0 Å². The molecule has 1 aliphatic rings. The maximum Gasteiger partial charge on any atom is 0.101 e. The van der Waals surface area contributed by atoms with Crippen LogP contribution in [-0.2, 0) is 18.9 Å². The molecular weight excluding hydrogens is 294 g/mol. The number of quaternary nitrogens is 1. The smallest absolute Gasteiger partial charge is 0.101 e. The van der Waals surface area contributed by atoms with Gasteiger partial charge >= 0.3 is 0 Å². The second-order valence-corrected chi connectivity index (χ2v) is 6.41. The van der Waals surface area contributed by atoms with Gasteiger partial charge in [-0.15, -0.1) is 0 Å². The normalized spacial score (nSPS) is 24.9. The minimum Gasteiger partial charge on any atom is -0.382 e. The number of nitrogens with one attached hydrogen (secondary N) is 1. The summed E-state index contributed by atoms with van der Waals surface area (Å²) in [4.78, 5) is 1.73. The van der Waals surface area contributed by atoms with E-state index < -0.39 is 0 Å². The predicted molar refractivity (Wildman–Crippen MR) is 92.2 cm³/mol. The molecule has 0 aliphatic carbocycles. The molecule has 0 radical (unpaired) electrons. The minimum atomic E-state index is 0.691. The summed E-state index contributed by atoms with van der Waals surface area (Å²) < 4.78 is 21.6. The van der Waals surface area contributed by atoms with Crippen molar-refractivity contribution in [2.45, 2.75) is 58.0 Å². The first-order chi connectivity index (χ1) is 11.3. The Balaban J connectivity index is 2.17. The van der Waals surface area contributed by atoms with Gasteiger partial charge in [0.25, 0.3) is 0 Å². The molecule has 138 valence electrons. The Hall–Kier alpha value is -0.200. The van der Waals surface area contributed by atoms with Gasteiger partial charge in [-0.1, -0.05) is 0 Å². The molecule has 1 rings (SSSR count). The first-order valence-corrected chi connectivity index (χ1v) is 9.37. The first kappa shape index (κ1) is 20.8. The summed E-state index contributed by atoms with van der Waals surface area (Å²) in [6, 6.07) is 1.51. The lowest BCUT2D eigenvalue weighted by Crippen LogP contribution is -3.20. The van der Waals surface area contributed by atoms with Gasteiger partial charge in [0.15, 0.2) is 0 Å². The fourth-order valence-corrected chi connectivity index (χ4v) is 3.45. The van der Waals surface area contributed by atoms with Gasteiger partial charge in [0.05, 0.1) is 45.1 Å². The van der Waals surface area contributed by atoms with Gasteiger partial charge in [-0.3, -0.25) is 0 Å². The number of methoxy groups -OCH3 is 1. The molecule has 5 nitrogen and oxygen atoms in total. The average Bonchev–Trinajstić information content (AvgIpc) is 2.56. The van der Waals surface area contributed by atoms with E-state index in [0.717, 1.165) is 44.9 Å². The van der Waals surface area contributed by atoms with Crippen LogP contribution in [0, 0.1) is 0 Å². The van der Waals surface area contributed by atoms with Crippen LogP contribution in [0.3, 0.4) is 0 Å². The first-order valence-electron chi connectivity index (χ1n) is 9.37. The summed E-state index contributed by atoms with van der Waals surface area (Å²) in [7, 11) is 1.71. The molecule has 0 spiro atoms. The van der Waals surface area contributed by atoms with Gasteiger partial charge in [0.1, 0.15) is 6.54 Å². The fraction of sp³-hybridized carbons (Fsp3) is 1.00. The molecule has 0 saturated carbocycles. The molecule has 1 fully saturated rings. The molecule has 0 aromatic heterocycles. The second-order valence-electron chi connectivity index (χ2n) is 6.41. The largest absolute Gasteiger partial charge is 0.382 e. The van der Waals surface area contributed by atoms with Crippen molar-refractivity contribution in [1.82, 2.24) is 0 Å². The fourth-order valence-electron chi connectivity index (χ4n) is 3.45. The molecule has 5 heteroatoms. The lowest BCUT2D eigenvalue weighted by Gasteiger charge is -2.37. The van der Waals surface area contributed by atoms with E-state index in [1.807, 2.05) is 6.92 Å². The number of likely N-dealkylation sites (tertiary alicyclic amines) is 1. The van der Waals surface area contributed by atoms with Crippen molar-refractivity contribution >= 4 is 0 Å². The minimum absolute atomic E-state index is 0.691. The molecular formula is C18H38NO4+. The van der Waals surface area contributed by atoms with Gasteiger partial charge in [0.2, 0.25) is 0 Å². The third-order valence-electron chi connectivity index (χ3n) is 4.73. The van der Waals surface area contributed by atoms with Gasteiger partial charge in [-0.25, -0.2) is 0 Å². The van der Waals surface area contributed by atoms with Crippen molar-refractivity contribution in [3.8, 4) is 0 Å². The van der Waals surface area contributed by atoms with Crippen LogP contribution in [-0.4, -0.2) is 72.0 Å². The molecule has 1 aliphatic heterocycles. The molecule has 3 atom stereocenters. The summed E-state index contributed by atoms with van der Waals surface area (Å²) in [5.41, 5.74) is 0. The van der Waals surface area contributed by atoms with E-state index in [2.05, 4.69) is 6.92 Å². The van der Waals surface area contributed by atoms with Crippen molar-refractivity contribution in [2.75, 3.05) is 59.9 Å². The number of hydrogen-bond acceptors (Lipinski definition) is 4. The standard InChI is InChI=1S/C18H37NO4/c1-4-21-15-16-23-12-10-19-17(2)7-5-8-18(19)9-6-11-22-14-13-20-3/h17-18H,4-16H2,1-3H3/p+1. The predicted octanol–water partition coefficient (Wildman–Crippen LogP) is 1.31. The Bertz CT molecular complexity index is 265. The van der Waals surface area contributed by atoms with E-state index in [1.54, 1.807) is 12.0 Å². The van der Waals surface area contributed by atoms with E-state index in [-0.39, 0.29) is 0 Å². The zero-order chi connectivity index (χ0) is 16.8. The number of hydrogen-bond donors (Lipinski definition) is 1. The van der Waals surface area contributed by atoms with Crippen molar-refractivity contribution < 1.29 is 23.8 Å². The zero-order valence-corrected chi connectivity index (χ0v) is 15.5. The highest BCUT2D eigenvalue weighted by Crippen LogP contribution is 2.12. The lowest BCUT2D eigenvalue weighted by atomic mass is 9.93. The van der Waals surface area contributed by atoms with Crippen LogP contribution < -0.4 is 4.90 Å². The van der Waals surface area contributed by atoms with Crippen molar-refractivity contribution in [3.63, 3.8) is 0 Å². The van der Waals surface area contributed by atoms with E-state index in [9.17, 15) is 0 Å². The Morgan fingerprint density at radius 1 is 0.913 bits per heavy atom. The molecule has 0 bridgehead atoms. The molecule has 1 N–H and O–H groups in total. The Kier molecular flexibility index (Phi) is 12.8. The van der Waals surface area contributed by atoms with Gasteiger partial charge in [-0.05, 0) is 39.5 Å². The molecule has 0 amide bonds. The highest BCUT2D eigenvalue weighted by Gasteiger charge is 2.30. The van der Waals surface area contributed by atoms with Gasteiger partial charge in [-0.2, -0.15) is 0 Å². The lowest BCUT2D eigenvalue weighted by molar-refractivity contribution is -0.954. The summed E-state index contributed by atoms with van der Waals surface area (Å²) in [6.07, 6.45) is 6.46.